The first kappa shape index (κ1) is 21.7. The Balaban J connectivity index is 0.00000484. The average Bonchev–Trinajstić information content (AvgIpc) is 2.42. The van der Waals surface area contributed by atoms with Crippen molar-refractivity contribution in [3.05, 3.63) is 18.0 Å². The summed E-state index contributed by atoms with van der Waals surface area (Å²) in [5, 5.41) is 5.55. The lowest BCUT2D eigenvalue weighted by Gasteiger charge is -2.09. The van der Waals surface area contributed by atoms with Gasteiger partial charge in [0.2, 0.25) is 5.95 Å². The van der Waals surface area contributed by atoms with Gasteiger partial charge in [0.25, 0.3) is 0 Å². The average molecular weight is 446 g/mol. The van der Waals surface area contributed by atoms with Crippen LogP contribution < -0.4 is 16.4 Å². The number of nitrogens with zero attached hydrogens (tertiary/aromatic N) is 3. The minimum Gasteiger partial charge on any atom is -0.370 e. The third kappa shape index (κ3) is 9.41. The van der Waals surface area contributed by atoms with Crippen LogP contribution in [0.5, 0.6) is 0 Å². The van der Waals surface area contributed by atoms with Gasteiger partial charge in [0.05, 0.1) is 0 Å². The maximum Gasteiger partial charge on any atom is 0.433 e. The highest BCUT2D eigenvalue weighted by atomic mass is 127. The molecule has 6 nitrogen and oxygen atoms in total. The summed E-state index contributed by atoms with van der Waals surface area (Å²) in [5.41, 5.74) is 4.67. The molecule has 0 atom stereocenters. The molecule has 0 aliphatic carbocycles. The first-order chi connectivity index (χ1) is 10.3. The zero-order valence-corrected chi connectivity index (χ0v) is 15.4. The zero-order chi connectivity index (χ0) is 16.6. The van der Waals surface area contributed by atoms with Gasteiger partial charge < -0.3 is 16.4 Å². The largest absolute Gasteiger partial charge is 0.433 e. The molecular weight excluding hydrogens is 424 g/mol. The number of hydrogen-bond donors (Lipinski definition) is 3. The van der Waals surface area contributed by atoms with Crippen molar-refractivity contribution in [2.24, 2.45) is 16.6 Å². The molecule has 0 aromatic carbocycles. The van der Waals surface area contributed by atoms with Gasteiger partial charge in [-0.2, -0.15) is 13.2 Å². The Morgan fingerprint density at radius 2 is 2.04 bits per heavy atom. The molecule has 0 spiro atoms. The molecule has 23 heavy (non-hydrogen) atoms. The highest BCUT2D eigenvalue weighted by Gasteiger charge is 2.32. The van der Waals surface area contributed by atoms with E-state index in [-0.39, 0.29) is 29.9 Å². The summed E-state index contributed by atoms with van der Waals surface area (Å²) in [6, 6.07) is 0.822. The van der Waals surface area contributed by atoms with E-state index in [4.69, 9.17) is 5.73 Å². The standard InChI is InChI=1S/C13H21F3N6.HI/c1-9(2)3-5-18-11(17)19-7-8-21-12-20-6-4-10(22-12)13(14,15)16;/h4,6,9H,3,5,7-8H2,1-2H3,(H3,17,18,19)(H,20,21,22);1H. The smallest absolute Gasteiger partial charge is 0.370 e. The van der Waals surface area contributed by atoms with Crippen molar-refractivity contribution in [2.75, 3.05) is 25.0 Å². The summed E-state index contributed by atoms with van der Waals surface area (Å²) in [4.78, 5) is 11.3. The lowest BCUT2D eigenvalue weighted by molar-refractivity contribution is -0.141. The SMILES string of the molecule is CC(C)CCN=C(N)NCCNc1nccc(C(F)(F)F)n1.I. The Morgan fingerprint density at radius 1 is 1.35 bits per heavy atom. The summed E-state index contributed by atoms with van der Waals surface area (Å²) in [5.74, 6) is 0.788. The van der Waals surface area contributed by atoms with Gasteiger partial charge in [-0.05, 0) is 18.4 Å². The number of hydrogen-bond acceptors (Lipinski definition) is 4. The predicted molar refractivity (Wildman–Crippen MR) is 94.9 cm³/mol. The van der Waals surface area contributed by atoms with Gasteiger partial charge >= 0.3 is 6.18 Å². The zero-order valence-electron chi connectivity index (χ0n) is 13.0. The second kappa shape index (κ2) is 10.4. The van der Waals surface area contributed by atoms with Crippen LogP contribution in [0.4, 0.5) is 19.1 Å². The number of nitrogens with one attached hydrogen (secondary N) is 2. The molecule has 0 saturated heterocycles. The van der Waals surface area contributed by atoms with Crippen LogP contribution >= 0.6 is 24.0 Å². The normalized spacial score (nSPS) is 12.0. The van der Waals surface area contributed by atoms with E-state index in [0.29, 0.717) is 31.5 Å². The summed E-state index contributed by atoms with van der Waals surface area (Å²) >= 11 is 0. The van der Waals surface area contributed by atoms with Crippen molar-refractivity contribution in [3.63, 3.8) is 0 Å². The summed E-state index contributed by atoms with van der Waals surface area (Å²) in [6.45, 7) is 5.55. The highest BCUT2D eigenvalue weighted by molar-refractivity contribution is 14.0. The van der Waals surface area contributed by atoms with Crippen LogP contribution in [-0.4, -0.2) is 35.6 Å². The maximum absolute atomic E-state index is 12.5. The minimum atomic E-state index is -4.48. The van der Waals surface area contributed by atoms with Crippen LogP contribution in [0, 0.1) is 5.92 Å². The molecule has 0 saturated carbocycles. The number of alkyl halides is 3. The van der Waals surface area contributed by atoms with Crippen molar-refractivity contribution in [2.45, 2.75) is 26.4 Å². The second-order valence-electron chi connectivity index (χ2n) is 5.07. The molecule has 0 amide bonds. The summed E-state index contributed by atoms with van der Waals surface area (Å²) in [6.07, 6.45) is -2.48. The first-order valence-electron chi connectivity index (χ1n) is 6.97. The summed E-state index contributed by atoms with van der Waals surface area (Å²) < 4.78 is 37.4. The number of anilines is 1. The number of aliphatic imine (C=N–C) groups is 1. The molecule has 1 heterocycles. The fourth-order valence-corrected chi connectivity index (χ4v) is 1.47. The molecule has 0 bridgehead atoms. The molecule has 10 heteroatoms. The Hall–Kier alpha value is -1.33. The van der Waals surface area contributed by atoms with Gasteiger partial charge in [-0.15, -0.1) is 24.0 Å². The third-order valence-electron chi connectivity index (χ3n) is 2.65. The van der Waals surface area contributed by atoms with Crippen LogP contribution in [0.3, 0.4) is 0 Å². The fourth-order valence-electron chi connectivity index (χ4n) is 1.47. The molecule has 1 aromatic heterocycles. The molecule has 4 N–H and O–H groups in total. The van der Waals surface area contributed by atoms with Gasteiger partial charge in [0.1, 0.15) is 5.69 Å². The molecule has 0 fully saturated rings. The fraction of sp³-hybridized carbons (Fsp3) is 0.615. The van der Waals surface area contributed by atoms with Crippen molar-refractivity contribution in [1.29, 1.82) is 0 Å². The number of rotatable bonds is 7. The Kier molecular flexibility index (Phi) is 9.84. The Morgan fingerprint density at radius 3 is 2.65 bits per heavy atom. The van der Waals surface area contributed by atoms with Crippen molar-refractivity contribution in [3.8, 4) is 0 Å². The van der Waals surface area contributed by atoms with Gasteiger partial charge in [0, 0.05) is 25.8 Å². The lowest BCUT2D eigenvalue weighted by Crippen LogP contribution is -2.35. The van der Waals surface area contributed by atoms with Gasteiger partial charge in [-0.25, -0.2) is 9.97 Å². The van der Waals surface area contributed by atoms with Crippen molar-refractivity contribution < 1.29 is 13.2 Å². The predicted octanol–water partition coefficient (Wildman–Crippen LogP) is 2.48. The maximum atomic E-state index is 12.5. The molecule has 0 unspecified atom stereocenters. The molecule has 1 rings (SSSR count). The van der Waals surface area contributed by atoms with Crippen molar-refractivity contribution in [1.82, 2.24) is 15.3 Å². The van der Waals surface area contributed by atoms with Crippen LogP contribution in [-0.2, 0) is 6.18 Å². The molecule has 0 radical (unpaired) electrons. The number of halogens is 4. The highest BCUT2D eigenvalue weighted by Crippen LogP contribution is 2.27. The molecule has 0 aliphatic heterocycles. The minimum absolute atomic E-state index is 0. The van der Waals surface area contributed by atoms with Crippen LogP contribution in [0.1, 0.15) is 26.0 Å². The van der Waals surface area contributed by atoms with Crippen LogP contribution in [0.2, 0.25) is 0 Å². The number of aromatic nitrogens is 2. The van der Waals surface area contributed by atoms with E-state index >= 15 is 0 Å². The van der Waals surface area contributed by atoms with Crippen LogP contribution in [0.15, 0.2) is 17.3 Å². The quantitative estimate of drug-likeness (QED) is 0.259. The summed E-state index contributed by atoms with van der Waals surface area (Å²) in [7, 11) is 0. The number of guanidine groups is 1. The van der Waals surface area contributed by atoms with E-state index in [9.17, 15) is 13.2 Å². The van der Waals surface area contributed by atoms with E-state index in [2.05, 4.69) is 39.4 Å². The van der Waals surface area contributed by atoms with E-state index in [1.807, 2.05) is 0 Å². The van der Waals surface area contributed by atoms with Gasteiger partial charge in [-0.3, -0.25) is 4.99 Å². The molecule has 132 valence electrons. The van der Waals surface area contributed by atoms with E-state index in [0.717, 1.165) is 18.7 Å². The third-order valence-corrected chi connectivity index (χ3v) is 2.65. The number of nitrogens with two attached hydrogens (primary N) is 1. The Bertz CT molecular complexity index is 493. The molecule has 1 aromatic rings. The second-order valence-corrected chi connectivity index (χ2v) is 5.07. The van der Waals surface area contributed by atoms with E-state index in [1.54, 1.807) is 0 Å². The van der Waals surface area contributed by atoms with Gasteiger partial charge in [0.15, 0.2) is 5.96 Å². The monoisotopic (exact) mass is 446 g/mol. The Labute approximate surface area is 150 Å². The van der Waals surface area contributed by atoms with Crippen molar-refractivity contribution >= 4 is 35.9 Å². The van der Waals surface area contributed by atoms with Gasteiger partial charge in [-0.1, -0.05) is 13.8 Å². The van der Waals surface area contributed by atoms with E-state index in [1.165, 1.54) is 0 Å². The van der Waals surface area contributed by atoms with E-state index < -0.39 is 11.9 Å². The lowest BCUT2D eigenvalue weighted by atomic mass is 10.1. The first-order valence-corrected chi connectivity index (χ1v) is 6.97. The molecule has 0 aliphatic rings. The molecular formula is C13H22F3IN6. The topological polar surface area (TPSA) is 88.2 Å². The van der Waals surface area contributed by atoms with Crippen LogP contribution in [0.25, 0.3) is 0 Å².